The van der Waals surface area contributed by atoms with Gasteiger partial charge in [-0.1, -0.05) is 36.8 Å². The predicted octanol–water partition coefficient (Wildman–Crippen LogP) is 2.69. The van der Waals surface area contributed by atoms with Crippen LogP contribution in [0.4, 0.5) is 0 Å². The van der Waals surface area contributed by atoms with Gasteiger partial charge in [0.25, 0.3) is 0 Å². The molecule has 1 aromatic carbocycles. The average molecular weight is 442 g/mol. The minimum absolute atomic E-state index is 0. The van der Waals surface area contributed by atoms with Gasteiger partial charge < -0.3 is 15.2 Å². The number of halogens is 1. The SMILES string of the molecule is CCn1cnnc1CNC(=NC)NCC(C)c1cccc(C)c1.I. The van der Waals surface area contributed by atoms with Crippen LogP contribution in [0.1, 0.15) is 36.7 Å². The number of aromatic nitrogens is 3. The standard InChI is InChI=1S/C17H26N6.HI/c1-5-23-12-21-22-16(23)11-20-17(18-4)19-10-14(3)15-8-6-7-13(2)9-15;/h6-9,12,14H,5,10-11H2,1-4H3,(H2,18,19,20);1H. The van der Waals surface area contributed by atoms with Crippen molar-refractivity contribution in [3.8, 4) is 0 Å². The molecule has 0 aliphatic rings. The number of hydrogen-bond acceptors (Lipinski definition) is 3. The molecule has 1 unspecified atom stereocenters. The van der Waals surface area contributed by atoms with E-state index < -0.39 is 0 Å². The molecule has 0 aliphatic carbocycles. The third-order valence-corrected chi connectivity index (χ3v) is 3.86. The van der Waals surface area contributed by atoms with Crippen LogP contribution >= 0.6 is 24.0 Å². The number of benzene rings is 1. The van der Waals surface area contributed by atoms with E-state index >= 15 is 0 Å². The summed E-state index contributed by atoms with van der Waals surface area (Å²) in [5.41, 5.74) is 2.62. The molecular weight excluding hydrogens is 415 g/mol. The Morgan fingerprint density at radius 3 is 2.79 bits per heavy atom. The number of nitrogens with zero attached hydrogens (tertiary/aromatic N) is 4. The normalized spacial score (nSPS) is 12.4. The lowest BCUT2D eigenvalue weighted by Crippen LogP contribution is -2.39. The molecule has 0 aliphatic heterocycles. The highest BCUT2D eigenvalue weighted by Gasteiger charge is 2.08. The zero-order valence-corrected chi connectivity index (χ0v) is 17.1. The van der Waals surface area contributed by atoms with Crippen LogP contribution in [0, 0.1) is 6.92 Å². The molecule has 1 atom stereocenters. The van der Waals surface area contributed by atoms with Gasteiger partial charge >= 0.3 is 0 Å². The van der Waals surface area contributed by atoms with E-state index in [2.05, 4.69) is 70.9 Å². The first-order chi connectivity index (χ1) is 11.1. The van der Waals surface area contributed by atoms with Crippen molar-refractivity contribution >= 4 is 29.9 Å². The molecule has 0 radical (unpaired) electrons. The second-order valence-corrected chi connectivity index (χ2v) is 5.66. The van der Waals surface area contributed by atoms with Crippen LogP contribution in [0.3, 0.4) is 0 Å². The molecule has 1 heterocycles. The Balaban J connectivity index is 0.00000288. The van der Waals surface area contributed by atoms with Gasteiger partial charge in [0, 0.05) is 20.1 Å². The second-order valence-electron chi connectivity index (χ2n) is 5.66. The van der Waals surface area contributed by atoms with Crippen LogP contribution in [0.15, 0.2) is 35.6 Å². The molecule has 2 N–H and O–H groups in total. The van der Waals surface area contributed by atoms with Crippen molar-refractivity contribution in [2.24, 2.45) is 4.99 Å². The van der Waals surface area contributed by atoms with Crippen molar-refractivity contribution in [3.05, 3.63) is 47.5 Å². The molecule has 0 saturated carbocycles. The molecular formula is C17H27IN6. The number of nitrogens with one attached hydrogen (secondary N) is 2. The Kier molecular flexibility index (Phi) is 8.73. The first-order valence-electron chi connectivity index (χ1n) is 8.01. The van der Waals surface area contributed by atoms with Gasteiger partial charge in [-0.15, -0.1) is 34.2 Å². The Bertz CT molecular complexity index is 652. The van der Waals surface area contributed by atoms with Gasteiger partial charge in [-0.3, -0.25) is 4.99 Å². The summed E-state index contributed by atoms with van der Waals surface area (Å²) in [4.78, 5) is 4.26. The van der Waals surface area contributed by atoms with Crippen LogP contribution in [-0.4, -0.2) is 34.3 Å². The van der Waals surface area contributed by atoms with Gasteiger partial charge in [0.1, 0.15) is 6.33 Å². The highest BCUT2D eigenvalue weighted by Crippen LogP contribution is 2.15. The zero-order chi connectivity index (χ0) is 16.7. The van der Waals surface area contributed by atoms with E-state index in [1.165, 1.54) is 11.1 Å². The molecule has 0 bridgehead atoms. The van der Waals surface area contributed by atoms with E-state index in [-0.39, 0.29) is 24.0 Å². The molecule has 0 spiro atoms. The fourth-order valence-corrected chi connectivity index (χ4v) is 2.41. The van der Waals surface area contributed by atoms with Crippen LogP contribution in [-0.2, 0) is 13.1 Å². The van der Waals surface area contributed by atoms with Crippen molar-refractivity contribution in [2.45, 2.75) is 39.8 Å². The number of aliphatic imine (C=N–C) groups is 1. The Labute approximate surface area is 161 Å². The molecule has 2 rings (SSSR count). The fourth-order valence-electron chi connectivity index (χ4n) is 2.41. The predicted molar refractivity (Wildman–Crippen MR) is 109 cm³/mol. The summed E-state index contributed by atoms with van der Waals surface area (Å²) in [6.45, 7) is 8.69. The molecule has 7 heteroatoms. The average Bonchev–Trinajstić information content (AvgIpc) is 3.02. The Morgan fingerprint density at radius 2 is 2.12 bits per heavy atom. The van der Waals surface area contributed by atoms with Gasteiger partial charge in [-0.2, -0.15) is 0 Å². The van der Waals surface area contributed by atoms with Gasteiger partial charge in [0.2, 0.25) is 0 Å². The summed E-state index contributed by atoms with van der Waals surface area (Å²) in [5, 5.41) is 14.7. The summed E-state index contributed by atoms with van der Waals surface area (Å²) < 4.78 is 2.01. The van der Waals surface area contributed by atoms with Crippen molar-refractivity contribution in [1.82, 2.24) is 25.4 Å². The third-order valence-electron chi connectivity index (χ3n) is 3.86. The third kappa shape index (κ3) is 5.77. The van der Waals surface area contributed by atoms with Crippen LogP contribution < -0.4 is 10.6 Å². The Morgan fingerprint density at radius 1 is 1.33 bits per heavy atom. The highest BCUT2D eigenvalue weighted by molar-refractivity contribution is 14.0. The fraction of sp³-hybridized carbons (Fsp3) is 0.471. The molecule has 0 fully saturated rings. The molecule has 132 valence electrons. The molecule has 2 aromatic rings. The first-order valence-corrected chi connectivity index (χ1v) is 8.01. The number of hydrogen-bond donors (Lipinski definition) is 2. The van der Waals surface area contributed by atoms with E-state index in [1.807, 2.05) is 4.57 Å². The van der Waals surface area contributed by atoms with E-state index in [0.717, 1.165) is 24.9 Å². The lowest BCUT2D eigenvalue weighted by Gasteiger charge is -2.16. The summed E-state index contributed by atoms with van der Waals surface area (Å²) >= 11 is 0. The first kappa shape index (κ1) is 20.4. The van der Waals surface area contributed by atoms with Crippen LogP contribution in [0.25, 0.3) is 0 Å². The molecule has 6 nitrogen and oxygen atoms in total. The maximum atomic E-state index is 4.26. The van der Waals surface area contributed by atoms with E-state index in [4.69, 9.17) is 0 Å². The monoisotopic (exact) mass is 442 g/mol. The maximum Gasteiger partial charge on any atom is 0.191 e. The van der Waals surface area contributed by atoms with Gasteiger partial charge in [0.05, 0.1) is 6.54 Å². The molecule has 0 amide bonds. The van der Waals surface area contributed by atoms with Gasteiger partial charge in [-0.25, -0.2) is 0 Å². The van der Waals surface area contributed by atoms with Crippen molar-refractivity contribution in [1.29, 1.82) is 0 Å². The molecule has 1 aromatic heterocycles. The topological polar surface area (TPSA) is 67.1 Å². The second kappa shape index (κ2) is 10.3. The van der Waals surface area contributed by atoms with E-state index in [9.17, 15) is 0 Å². The lowest BCUT2D eigenvalue weighted by molar-refractivity contribution is 0.658. The minimum atomic E-state index is 0. The number of guanidine groups is 1. The maximum absolute atomic E-state index is 4.26. The summed E-state index contributed by atoms with van der Waals surface area (Å²) in [5.74, 6) is 2.09. The lowest BCUT2D eigenvalue weighted by atomic mass is 9.99. The van der Waals surface area contributed by atoms with Gasteiger partial charge in [0.15, 0.2) is 11.8 Å². The van der Waals surface area contributed by atoms with Crippen LogP contribution in [0.5, 0.6) is 0 Å². The van der Waals surface area contributed by atoms with E-state index in [0.29, 0.717) is 12.5 Å². The van der Waals surface area contributed by atoms with Crippen molar-refractivity contribution in [3.63, 3.8) is 0 Å². The number of aryl methyl sites for hydroxylation is 2. The molecule has 0 saturated heterocycles. The summed E-state index contributed by atoms with van der Waals surface area (Å²) in [6, 6.07) is 8.62. The van der Waals surface area contributed by atoms with Crippen molar-refractivity contribution in [2.75, 3.05) is 13.6 Å². The van der Waals surface area contributed by atoms with Crippen molar-refractivity contribution < 1.29 is 0 Å². The molecule has 24 heavy (non-hydrogen) atoms. The van der Waals surface area contributed by atoms with E-state index in [1.54, 1.807) is 13.4 Å². The summed E-state index contributed by atoms with van der Waals surface area (Å²) in [6.07, 6.45) is 1.74. The number of rotatable bonds is 6. The zero-order valence-electron chi connectivity index (χ0n) is 14.8. The smallest absolute Gasteiger partial charge is 0.191 e. The Hall–Kier alpha value is -1.64. The highest BCUT2D eigenvalue weighted by atomic mass is 127. The summed E-state index contributed by atoms with van der Waals surface area (Å²) in [7, 11) is 1.78. The quantitative estimate of drug-likeness (QED) is 0.410. The van der Waals surface area contributed by atoms with Gasteiger partial charge in [-0.05, 0) is 25.3 Å². The largest absolute Gasteiger partial charge is 0.356 e. The van der Waals surface area contributed by atoms with Crippen LogP contribution in [0.2, 0.25) is 0 Å². The minimum Gasteiger partial charge on any atom is -0.356 e.